The summed E-state index contributed by atoms with van der Waals surface area (Å²) in [7, 11) is 3.37. The summed E-state index contributed by atoms with van der Waals surface area (Å²) in [6.07, 6.45) is 3.72. The summed E-state index contributed by atoms with van der Waals surface area (Å²) >= 11 is 0. The molecule has 5 heteroatoms. The number of aryl methyl sites for hydroxylation is 2. The van der Waals surface area contributed by atoms with Crippen molar-refractivity contribution in [2.45, 2.75) is 18.9 Å². The topological polar surface area (TPSA) is 47.3 Å². The molecule has 0 amide bonds. The molecule has 0 spiro atoms. The summed E-state index contributed by atoms with van der Waals surface area (Å²) in [5, 5.41) is 10.0. The lowest BCUT2D eigenvalue weighted by atomic mass is 10.0. The number of aliphatic hydroxyl groups excluding tert-OH is 1. The van der Waals surface area contributed by atoms with Crippen molar-refractivity contribution >= 4 is 0 Å². The van der Waals surface area contributed by atoms with Crippen molar-refractivity contribution in [3.63, 3.8) is 0 Å². The monoisotopic (exact) mass is 264 g/mol. The Morgan fingerprint density at radius 3 is 2.84 bits per heavy atom. The van der Waals surface area contributed by atoms with Crippen LogP contribution in [0.15, 0.2) is 30.6 Å². The maximum absolute atomic E-state index is 13.8. The Labute approximate surface area is 111 Å². The fourth-order valence-electron chi connectivity index (χ4n) is 1.96. The number of aromatic nitrogens is 2. The second kappa shape index (κ2) is 5.84. The van der Waals surface area contributed by atoms with Gasteiger partial charge in [0.15, 0.2) is 0 Å². The van der Waals surface area contributed by atoms with Gasteiger partial charge in [0.05, 0.1) is 13.2 Å². The molecule has 0 saturated heterocycles. The normalized spacial score (nSPS) is 12.4. The third-order valence-corrected chi connectivity index (χ3v) is 3.13. The number of benzene rings is 1. The van der Waals surface area contributed by atoms with E-state index in [-0.39, 0.29) is 5.56 Å². The molecule has 0 aliphatic heterocycles. The average Bonchev–Trinajstić information content (AvgIpc) is 2.81. The molecule has 0 aliphatic carbocycles. The van der Waals surface area contributed by atoms with Crippen LogP contribution in [0, 0.1) is 5.82 Å². The largest absolute Gasteiger partial charge is 0.497 e. The maximum Gasteiger partial charge on any atom is 0.132 e. The first-order valence-electron chi connectivity index (χ1n) is 6.09. The SMILES string of the molecule is COc1ccc(C(O)CCc2nccn2C)c(F)c1. The van der Waals surface area contributed by atoms with Gasteiger partial charge in [-0.05, 0) is 18.6 Å². The van der Waals surface area contributed by atoms with Gasteiger partial charge in [-0.25, -0.2) is 9.37 Å². The van der Waals surface area contributed by atoms with Crippen molar-refractivity contribution in [3.8, 4) is 5.75 Å². The highest BCUT2D eigenvalue weighted by Crippen LogP contribution is 2.24. The zero-order valence-electron chi connectivity index (χ0n) is 11.0. The second-order valence-electron chi connectivity index (χ2n) is 4.40. The van der Waals surface area contributed by atoms with E-state index in [0.717, 1.165) is 5.82 Å². The highest BCUT2D eigenvalue weighted by molar-refractivity contribution is 5.30. The van der Waals surface area contributed by atoms with Gasteiger partial charge in [-0.15, -0.1) is 0 Å². The van der Waals surface area contributed by atoms with Crippen LogP contribution in [-0.4, -0.2) is 21.8 Å². The van der Waals surface area contributed by atoms with Gasteiger partial charge in [-0.2, -0.15) is 0 Å². The van der Waals surface area contributed by atoms with E-state index in [9.17, 15) is 9.50 Å². The van der Waals surface area contributed by atoms with Crippen LogP contribution in [0.1, 0.15) is 23.9 Å². The molecule has 0 saturated carbocycles. The van der Waals surface area contributed by atoms with Crippen LogP contribution in [0.3, 0.4) is 0 Å². The lowest BCUT2D eigenvalue weighted by molar-refractivity contribution is 0.162. The van der Waals surface area contributed by atoms with Gasteiger partial charge in [0, 0.05) is 37.5 Å². The van der Waals surface area contributed by atoms with Crippen LogP contribution in [0.5, 0.6) is 5.75 Å². The molecule has 0 aliphatic rings. The number of hydrogen-bond acceptors (Lipinski definition) is 3. The molecule has 1 heterocycles. The molecule has 1 aromatic heterocycles. The minimum Gasteiger partial charge on any atom is -0.497 e. The molecule has 1 aromatic carbocycles. The molecule has 0 bridgehead atoms. The molecular formula is C14H17FN2O2. The molecule has 4 nitrogen and oxygen atoms in total. The van der Waals surface area contributed by atoms with Crippen LogP contribution < -0.4 is 4.74 Å². The summed E-state index contributed by atoms with van der Waals surface area (Å²) in [6, 6.07) is 4.47. The van der Waals surface area contributed by atoms with Gasteiger partial charge < -0.3 is 14.4 Å². The van der Waals surface area contributed by atoms with Gasteiger partial charge in [0.25, 0.3) is 0 Å². The van der Waals surface area contributed by atoms with E-state index in [4.69, 9.17) is 4.74 Å². The van der Waals surface area contributed by atoms with Crippen molar-refractivity contribution in [1.29, 1.82) is 0 Å². The summed E-state index contributed by atoms with van der Waals surface area (Å²) in [4.78, 5) is 4.17. The van der Waals surface area contributed by atoms with Gasteiger partial charge in [-0.1, -0.05) is 0 Å². The lowest BCUT2D eigenvalue weighted by Gasteiger charge is -2.12. The zero-order chi connectivity index (χ0) is 13.8. The summed E-state index contributed by atoms with van der Waals surface area (Å²) in [5.41, 5.74) is 0.287. The standard InChI is InChI=1S/C14H17FN2O2/c1-17-8-7-16-14(17)6-5-13(18)11-4-3-10(19-2)9-12(11)15/h3-4,7-9,13,18H,5-6H2,1-2H3. The van der Waals surface area contributed by atoms with Crippen LogP contribution in [0.4, 0.5) is 4.39 Å². The third kappa shape index (κ3) is 3.12. The predicted octanol–water partition coefficient (Wildman–Crippen LogP) is 2.23. The smallest absolute Gasteiger partial charge is 0.132 e. The van der Waals surface area contributed by atoms with Crippen LogP contribution in [0.2, 0.25) is 0 Å². The summed E-state index contributed by atoms with van der Waals surface area (Å²) in [6.45, 7) is 0. The van der Waals surface area contributed by atoms with Crippen molar-refractivity contribution < 1.29 is 14.2 Å². The molecule has 2 aromatic rings. The number of hydrogen-bond donors (Lipinski definition) is 1. The first-order chi connectivity index (χ1) is 9.11. The molecular weight excluding hydrogens is 247 g/mol. The molecule has 1 N–H and O–H groups in total. The van der Waals surface area contributed by atoms with Gasteiger partial charge >= 0.3 is 0 Å². The van der Waals surface area contributed by atoms with Gasteiger partial charge in [0.1, 0.15) is 17.4 Å². The fraction of sp³-hybridized carbons (Fsp3) is 0.357. The Kier molecular flexibility index (Phi) is 4.16. The number of nitrogens with zero attached hydrogens (tertiary/aromatic N) is 2. The van der Waals surface area contributed by atoms with E-state index in [2.05, 4.69) is 4.98 Å². The Morgan fingerprint density at radius 1 is 1.47 bits per heavy atom. The highest BCUT2D eigenvalue weighted by atomic mass is 19.1. The molecule has 1 unspecified atom stereocenters. The summed E-state index contributed by atoms with van der Waals surface area (Å²) < 4.78 is 20.6. The van der Waals surface area contributed by atoms with Crippen LogP contribution in [-0.2, 0) is 13.5 Å². The van der Waals surface area contributed by atoms with E-state index >= 15 is 0 Å². The molecule has 1 atom stereocenters. The number of ether oxygens (including phenoxy) is 1. The van der Waals surface area contributed by atoms with Crippen molar-refractivity contribution in [2.75, 3.05) is 7.11 Å². The predicted molar refractivity (Wildman–Crippen MR) is 69.4 cm³/mol. The van der Waals surface area contributed by atoms with Crippen LogP contribution >= 0.6 is 0 Å². The van der Waals surface area contributed by atoms with Crippen molar-refractivity contribution in [3.05, 3.63) is 47.8 Å². The molecule has 19 heavy (non-hydrogen) atoms. The Hall–Kier alpha value is -1.88. The van der Waals surface area contributed by atoms with E-state index in [1.807, 2.05) is 17.8 Å². The van der Waals surface area contributed by atoms with Crippen molar-refractivity contribution in [2.24, 2.45) is 7.05 Å². The molecule has 2 rings (SSSR count). The quantitative estimate of drug-likeness (QED) is 0.901. The maximum atomic E-state index is 13.8. The van der Waals surface area contributed by atoms with E-state index in [1.54, 1.807) is 18.3 Å². The second-order valence-corrected chi connectivity index (χ2v) is 4.40. The zero-order valence-corrected chi connectivity index (χ0v) is 11.0. The van der Waals surface area contributed by atoms with Crippen molar-refractivity contribution in [1.82, 2.24) is 9.55 Å². The molecule has 102 valence electrons. The summed E-state index contributed by atoms with van der Waals surface area (Å²) in [5.74, 6) is 0.859. The van der Waals surface area contributed by atoms with Gasteiger partial charge in [-0.3, -0.25) is 0 Å². The fourth-order valence-corrected chi connectivity index (χ4v) is 1.96. The number of methoxy groups -OCH3 is 1. The number of aliphatic hydroxyl groups is 1. The first-order valence-corrected chi connectivity index (χ1v) is 6.09. The minimum atomic E-state index is -0.845. The average molecular weight is 264 g/mol. The third-order valence-electron chi connectivity index (χ3n) is 3.13. The van der Waals surface area contributed by atoms with E-state index in [1.165, 1.54) is 13.2 Å². The molecule has 0 fully saturated rings. The number of rotatable bonds is 5. The van der Waals surface area contributed by atoms with E-state index < -0.39 is 11.9 Å². The molecule has 0 radical (unpaired) electrons. The number of halogens is 1. The lowest BCUT2D eigenvalue weighted by Crippen LogP contribution is -2.05. The number of imidazole rings is 1. The highest BCUT2D eigenvalue weighted by Gasteiger charge is 2.14. The van der Waals surface area contributed by atoms with Gasteiger partial charge in [0.2, 0.25) is 0 Å². The Bertz CT molecular complexity index is 554. The first kappa shape index (κ1) is 13.5. The van der Waals surface area contributed by atoms with E-state index in [0.29, 0.717) is 18.6 Å². The Balaban J connectivity index is 2.03. The van der Waals surface area contributed by atoms with Crippen LogP contribution in [0.25, 0.3) is 0 Å². The minimum absolute atomic E-state index is 0.287. The Morgan fingerprint density at radius 2 is 2.26 bits per heavy atom.